The summed E-state index contributed by atoms with van der Waals surface area (Å²) in [5, 5.41) is 3.43. The molecular formula is C30H44N6O4S. The van der Waals surface area contributed by atoms with Crippen molar-refractivity contribution in [2.24, 2.45) is 0 Å². The van der Waals surface area contributed by atoms with Crippen molar-refractivity contribution in [1.29, 1.82) is 0 Å². The summed E-state index contributed by atoms with van der Waals surface area (Å²) in [5.74, 6) is 0.642. The summed E-state index contributed by atoms with van der Waals surface area (Å²) in [6.07, 6.45) is 9.60. The van der Waals surface area contributed by atoms with Gasteiger partial charge in [-0.25, -0.2) is 22.7 Å². The van der Waals surface area contributed by atoms with Gasteiger partial charge in [-0.3, -0.25) is 4.79 Å². The molecule has 1 N–H and O–H groups in total. The first-order chi connectivity index (χ1) is 19.7. The number of anilines is 1. The number of sulfonamides is 1. The van der Waals surface area contributed by atoms with E-state index in [9.17, 15) is 13.2 Å². The summed E-state index contributed by atoms with van der Waals surface area (Å²) in [6, 6.07) is 10.9. The maximum absolute atomic E-state index is 13.5. The van der Waals surface area contributed by atoms with Gasteiger partial charge in [-0.05, 0) is 70.5 Å². The zero-order valence-electron chi connectivity index (χ0n) is 24.5. The highest BCUT2D eigenvalue weighted by Gasteiger charge is 2.33. The number of nitrogens with zero attached hydrogens (tertiary/aromatic N) is 5. The van der Waals surface area contributed by atoms with Gasteiger partial charge >= 0.3 is 0 Å². The predicted octanol–water partition coefficient (Wildman–Crippen LogP) is 3.47. The third kappa shape index (κ3) is 7.25. The van der Waals surface area contributed by atoms with Gasteiger partial charge in [0.2, 0.25) is 10.0 Å². The van der Waals surface area contributed by atoms with Crippen LogP contribution in [0.1, 0.15) is 72.7 Å². The van der Waals surface area contributed by atoms with Crippen LogP contribution >= 0.6 is 0 Å². The van der Waals surface area contributed by atoms with Crippen LogP contribution in [0, 0.1) is 6.92 Å². The molecule has 3 aliphatic rings. The number of benzene rings is 1. The first-order valence-electron chi connectivity index (χ1n) is 14.9. The molecule has 1 aromatic carbocycles. The Balaban J connectivity index is 1.11. The van der Waals surface area contributed by atoms with Gasteiger partial charge in [0.25, 0.3) is 5.91 Å². The van der Waals surface area contributed by atoms with Crippen molar-refractivity contribution >= 4 is 21.7 Å². The van der Waals surface area contributed by atoms with Crippen LogP contribution in [-0.4, -0.2) is 103 Å². The van der Waals surface area contributed by atoms with Gasteiger partial charge in [-0.2, -0.15) is 0 Å². The van der Waals surface area contributed by atoms with Crippen molar-refractivity contribution in [3.05, 3.63) is 53.5 Å². The largest absolute Gasteiger partial charge is 0.368 e. The number of amides is 1. The lowest BCUT2D eigenvalue weighted by Gasteiger charge is -2.43. The maximum Gasteiger partial charge on any atom is 0.272 e. The minimum absolute atomic E-state index is 0.0436. The minimum atomic E-state index is -3.17. The van der Waals surface area contributed by atoms with Crippen molar-refractivity contribution in [2.75, 3.05) is 51.3 Å². The fourth-order valence-corrected chi connectivity index (χ4v) is 7.24. The molecule has 0 saturated carbocycles. The Morgan fingerprint density at radius 3 is 2.41 bits per heavy atom. The van der Waals surface area contributed by atoms with E-state index in [1.54, 1.807) is 7.05 Å². The normalized spacial score (nSPS) is 23.6. The zero-order valence-corrected chi connectivity index (χ0v) is 25.4. The molecule has 0 aliphatic carbocycles. The van der Waals surface area contributed by atoms with Crippen LogP contribution in [0.3, 0.4) is 0 Å². The SMILES string of the molecule is Cc1c(NC[C@@H]2CCCC(c3ccccc3)O2)ncnc1C(=O)N1CCC(N2CCC(N(C)S(C)(=O)=O)CC2)CC1. The van der Waals surface area contributed by atoms with Crippen molar-refractivity contribution in [2.45, 2.75) is 76.2 Å². The zero-order chi connectivity index (χ0) is 29.0. The summed E-state index contributed by atoms with van der Waals surface area (Å²) in [7, 11) is -1.49. The van der Waals surface area contributed by atoms with E-state index in [1.807, 2.05) is 17.9 Å². The van der Waals surface area contributed by atoms with Crippen molar-refractivity contribution < 1.29 is 17.9 Å². The van der Waals surface area contributed by atoms with Crippen molar-refractivity contribution in [3.8, 4) is 0 Å². The quantitative estimate of drug-likeness (QED) is 0.503. The molecule has 2 atom stereocenters. The first-order valence-corrected chi connectivity index (χ1v) is 16.8. The molecule has 1 amide bonds. The van der Waals surface area contributed by atoms with E-state index in [-0.39, 0.29) is 24.2 Å². The molecule has 5 rings (SSSR count). The Kier molecular flexibility index (Phi) is 9.58. The molecule has 3 fully saturated rings. The highest BCUT2D eigenvalue weighted by molar-refractivity contribution is 7.88. The van der Waals surface area contributed by atoms with E-state index in [2.05, 4.69) is 44.5 Å². The number of nitrogens with one attached hydrogen (secondary N) is 1. The number of piperidine rings is 2. The van der Waals surface area contributed by atoms with Gasteiger partial charge in [0.1, 0.15) is 17.8 Å². The highest BCUT2D eigenvalue weighted by Crippen LogP contribution is 2.31. The highest BCUT2D eigenvalue weighted by atomic mass is 32.2. The predicted molar refractivity (Wildman–Crippen MR) is 159 cm³/mol. The number of aromatic nitrogens is 2. The van der Waals surface area contributed by atoms with E-state index < -0.39 is 10.0 Å². The molecule has 1 aromatic heterocycles. The lowest BCUT2D eigenvalue weighted by atomic mass is 9.97. The molecule has 11 heteroatoms. The van der Waals surface area contributed by atoms with E-state index in [4.69, 9.17) is 4.74 Å². The lowest BCUT2D eigenvalue weighted by Crippen LogP contribution is -2.52. The van der Waals surface area contributed by atoms with Crippen LogP contribution in [0.5, 0.6) is 0 Å². The molecule has 0 spiro atoms. The number of likely N-dealkylation sites (tertiary alicyclic amines) is 2. The third-order valence-corrected chi connectivity index (χ3v) is 10.5. The number of hydrogen-bond acceptors (Lipinski definition) is 8. The summed E-state index contributed by atoms with van der Waals surface area (Å²) < 4.78 is 31.7. The average molecular weight is 585 g/mol. The summed E-state index contributed by atoms with van der Waals surface area (Å²) in [4.78, 5) is 26.7. The molecule has 0 bridgehead atoms. The summed E-state index contributed by atoms with van der Waals surface area (Å²) >= 11 is 0. The second kappa shape index (κ2) is 13.1. The smallest absolute Gasteiger partial charge is 0.272 e. The molecule has 2 aromatic rings. The Bertz CT molecular complexity index is 1280. The Labute approximate surface area is 244 Å². The molecule has 10 nitrogen and oxygen atoms in total. The van der Waals surface area contributed by atoms with E-state index in [0.717, 1.165) is 63.6 Å². The fraction of sp³-hybridized carbons (Fsp3) is 0.633. The topological polar surface area (TPSA) is 108 Å². The van der Waals surface area contributed by atoms with Crippen LogP contribution in [-0.2, 0) is 14.8 Å². The second-order valence-electron chi connectivity index (χ2n) is 11.7. The average Bonchev–Trinajstić information content (AvgIpc) is 3.00. The van der Waals surface area contributed by atoms with Gasteiger partial charge in [-0.15, -0.1) is 0 Å². The van der Waals surface area contributed by atoms with Crippen LogP contribution in [0.2, 0.25) is 0 Å². The molecule has 3 aliphatic heterocycles. The molecule has 41 heavy (non-hydrogen) atoms. The Hall–Kier alpha value is -2.60. The first kappa shape index (κ1) is 29.9. The summed E-state index contributed by atoms with van der Waals surface area (Å²) in [6.45, 7) is 5.71. The van der Waals surface area contributed by atoms with E-state index in [1.165, 1.54) is 22.5 Å². The summed E-state index contributed by atoms with van der Waals surface area (Å²) in [5.41, 5.74) is 2.44. The van der Waals surface area contributed by atoms with Crippen molar-refractivity contribution in [3.63, 3.8) is 0 Å². The number of hydrogen-bond donors (Lipinski definition) is 1. The lowest BCUT2D eigenvalue weighted by molar-refractivity contribution is -0.0442. The number of ether oxygens (including phenoxy) is 1. The van der Waals surface area contributed by atoms with Gasteiger partial charge in [-0.1, -0.05) is 30.3 Å². The van der Waals surface area contributed by atoms with Crippen molar-refractivity contribution in [1.82, 2.24) is 24.1 Å². The number of carbonyl (C=O) groups excluding carboxylic acids is 1. The monoisotopic (exact) mass is 584 g/mol. The molecule has 3 saturated heterocycles. The van der Waals surface area contributed by atoms with Crippen LogP contribution in [0.25, 0.3) is 0 Å². The second-order valence-corrected chi connectivity index (χ2v) is 13.8. The van der Waals surface area contributed by atoms with Crippen LogP contribution in [0.15, 0.2) is 36.7 Å². The standard InChI is InChI=1S/C30H44N6O4S/c1-22-28(32-21-33-29(22)31-20-26-10-7-11-27(40-26)23-8-5-4-6-9-23)30(37)36-18-14-25(15-19-36)35-16-12-24(13-17-35)34(2)41(3,38)39/h4-6,8-9,21,24-27H,7,10-20H2,1-3H3,(H,31,32,33)/t26-,27?/m0/s1. The maximum atomic E-state index is 13.5. The van der Waals surface area contributed by atoms with Gasteiger partial charge < -0.3 is 19.9 Å². The van der Waals surface area contributed by atoms with Gasteiger partial charge in [0.15, 0.2) is 0 Å². The molecule has 224 valence electrons. The molecule has 4 heterocycles. The minimum Gasteiger partial charge on any atom is -0.368 e. The van der Waals surface area contributed by atoms with E-state index in [0.29, 0.717) is 37.2 Å². The van der Waals surface area contributed by atoms with Gasteiger partial charge in [0, 0.05) is 44.3 Å². The molecule has 1 unspecified atom stereocenters. The molecule has 0 radical (unpaired) electrons. The number of rotatable bonds is 8. The Morgan fingerprint density at radius 1 is 1.02 bits per heavy atom. The van der Waals surface area contributed by atoms with Crippen LogP contribution in [0.4, 0.5) is 5.82 Å². The molecular weight excluding hydrogens is 540 g/mol. The Morgan fingerprint density at radius 2 is 1.73 bits per heavy atom. The number of carbonyl (C=O) groups is 1. The third-order valence-electron chi connectivity index (χ3n) is 9.11. The van der Waals surface area contributed by atoms with Crippen LogP contribution < -0.4 is 5.32 Å². The van der Waals surface area contributed by atoms with Gasteiger partial charge in [0.05, 0.1) is 18.5 Å². The fourth-order valence-electron chi connectivity index (χ4n) is 6.49. The van der Waals surface area contributed by atoms with E-state index >= 15 is 0 Å².